The molecule has 1 aliphatic carbocycles. The molecule has 3 aliphatic heterocycles. The summed E-state index contributed by atoms with van der Waals surface area (Å²) in [6.07, 6.45) is 12.0. The minimum absolute atomic E-state index is 0.0177. The number of hydrogen-bond donors (Lipinski definition) is 4. The number of aliphatic hydroxyl groups is 4. The number of carbonyl (C=O) groups excluding carboxylic acids is 6. The third-order valence-corrected chi connectivity index (χ3v) is 16.3. The van der Waals surface area contributed by atoms with E-state index < -0.39 is 114 Å². The number of aliphatic hydroxyl groups excluding tert-OH is 3. The number of Topliss-reactive ketones (excluding diaryl/α,β-unsaturated/α-hetero) is 3. The fourth-order valence-corrected chi connectivity index (χ4v) is 11.0. The fraction of sp³-hybridized carbons (Fsp3) is 0.754. The summed E-state index contributed by atoms with van der Waals surface area (Å²) in [6.45, 7) is 15.1. The molecule has 15 atom stereocenters. The molecule has 16 heteroatoms. The largest absolute Gasteiger partial charge is 0.460 e. The van der Waals surface area contributed by atoms with Gasteiger partial charge in [-0.05, 0) is 127 Å². The molecule has 412 valence electrons. The predicted molar refractivity (Wildman–Crippen MR) is 274 cm³/mol. The Labute approximate surface area is 434 Å². The van der Waals surface area contributed by atoms with Crippen LogP contribution in [0.15, 0.2) is 47.6 Å². The number of nitrogens with zero attached hydrogens (tertiary/aromatic N) is 1. The highest BCUT2D eigenvalue weighted by atomic mass is 16.6. The van der Waals surface area contributed by atoms with Crippen molar-refractivity contribution < 1.29 is 72.9 Å². The van der Waals surface area contributed by atoms with Crippen molar-refractivity contribution in [3.8, 4) is 0 Å². The summed E-state index contributed by atoms with van der Waals surface area (Å²) < 4.78 is 29.7. The SMILES string of the molecule is CCC1CC2CCC(C)C(O)(O2)C(=O)C(=O)N2CCCCC2C(=O)OC(C(C)CC2CCC(OC(=O)C(C)(CO)CO)C(OC)C2)CC(=O)C(C)/C=C(\C)C(O)C(OC)C(=O)C(C)CC(C)/C=C/C=C/C=C/1C. The van der Waals surface area contributed by atoms with Gasteiger partial charge in [0.15, 0.2) is 5.78 Å². The lowest BCUT2D eigenvalue weighted by atomic mass is 9.78. The van der Waals surface area contributed by atoms with Crippen molar-refractivity contribution in [3.63, 3.8) is 0 Å². The molecule has 2 bridgehead atoms. The van der Waals surface area contributed by atoms with Crippen molar-refractivity contribution in [2.24, 2.45) is 46.8 Å². The van der Waals surface area contributed by atoms with E-state index in [1.54, 1.807) is 26.8 Å². The zero-order valence-electron chi connectivity index (χ0n) is 45.6. The highest BCUT2D eigenvalue weighted by Crippen LogP contribution is 2.39. The van der Waals surface area contributed by atoms with Crippen LogP contribution in [-0.2, 0) is 52.5 Å². The Morgan fingerprint density at radius 1 is 0.890 bits per heavy atom. The second kappa shape index (κ2) is 28.3. The second-order valence-electron chi connectivity index (χ2n) is 22.2. The van der Waals surface area contributed by atoms with Gasteiger partial charge in [0, 0.05) is 44.9 Å². The molecular weight excluding hydrogens is 939 g/mol. The number of rotatable bonds is 10. The van der Waals surface area contributed by atoms with E-state index in [-0.39, 0.29) is 48.7 Å². The van der Waals surface area contributed by atoms with E-state index in [1.165, 1.54) is 26.0 Å². The van der Waals surface area contributed by atoms with Gasteiger partial charge in [-0.1, -0.05) is 83.6 Å². The lowest BCUT2D eigenvalue weighted by Crippen LogP contribution is -2.60. The molecule has 0 spiro atoms. The van der Waals surface area contributed by atoms with E-state index in [0.29, 0.717) is 69.8 Å². The van der Waals surface area contributed by atoms with Crippen LogP contribution in [0.1, 0.15) is 146 Å². The van der Waals surface area contributed by atoms with E-state index in [9.17, 15) is 49.2 Å². The van der Waals surface area contributed by atoms with Gasteiger partial charge in [-0.25, -0.2) is 4.79 Å². The maximum Gasteiger partial charge on any atom is 0.329 e. The van der Waals surface area contributed by atoms with E-state index in [4.69, 9.17) is 23.7 Å². The average molecular weight is 1030 g/mol. The molecule has 3 fully saturated rings. The average Bonchev–Trinajstić information content (AvgIpc) is 3.37. The van der Waals surface area contributed by atoms with Crippen LogP contribution >= 0.6 is 0 Å². The molecule has 4 aliphatic rings. The van der Waals surface area contributed by atoms with E-state index in [0.717, 1.165) is 12.0 Å². The van der Waals surface area contributed by atoms with Gasteiger partial charge in [0.25, 0.3) is 11.7 Å². The molecule has 3 heterocycles. The quantitative estimate of drug-likeness (QED) is 0.101. The lowest BCUT2D eigenvalue weighted by Gasteiger charge is -2.43. The van der Waals surface area contributed by atoms with Crippen LogP contribution in [0.4, 0.5) is 0 Å². The number of amides is 1. The van der Waals surface area contributed by atoms with Crippen molar-refractivity contribution in [2.75, 3.05) is 34.0 Å². The van der Waals surface area contributed by atoms with E-state index in [2.05, 4.69) is 6.92 Å². The summed E-state index contributed by atoms with van der Waals surface area (Å²) >= 11 is 0. The van der Waals surface area contributed by atoms with Crippen LogP contribution in [0.2, 0.25) is 0 Å². The summed E-state index contributed by atoms with van der Waals surface area (Å²) in [5.74, 6) is -9.03. The Morgan fingerprint density at radius 2 is 1.59 bits per heavy atom. The standard InChI is InChI=1S/C57H89NO15/c1-12-42-30-43-23-21-40(8)57(68,73-43)52(64)53(65)58-25-17-16-20-44(58)54(66)71-47(37(5)28-41-22-24-46(48(29-41)69-10)72-55(67)56(9,32-59)33-60)31-45(61)36(4)27-39(7)50(63)51(70-11)49(62)38(6)26-34(2)18-14-13-15-19-35(42)3/h13-15,18-19,27,34,36-38,40-44,46-48,50-51,59-60,63,68H,12,16-17,20-26,28-33H2,1-11H3/b15-13+,18-14+,35-19+,39-27+. The van der Waals surface area contributed by atoms with Gasteiger partial charge in [0.05, 0.1) is 25.4 Å². The number of carbonyl (C=O) groups is 6. The zero-order chi connectivity index (χ0) is 54.4. The van der Waals surface area contributed by atoms with Gasteiger partial charge >= 0.3 is 11.9 Å². The third-order valence-electron chi connectivity index (χ3n) is 16.3. The highest BCUT2D eigenvalue weighted by molar-refractivity contribution is 6.39. The molecule has 16 nitrogen and oxygen atoms in total. The summed E-state index contributed by atoms with van der Waals surface area (Å²) in [7, 11) is 2.88. The predicted octanol–water partition coefficient (Wildman–Crippen LogP) is 6.73. The highest BCUT2D eigenvalue weighted by Gasteiger charge is 2.53. The normalized spacial score (nSPS) is 37.4. The first-order valence-electron chi connectivity index (χ1n) is 26.9. The lowest BCUT2D eigenvalue weighted by molar-refractivity contribution is -0.264. The number of cyclic esters (lactones) is 1. The van der Waals surface area contributed by atoms with Crippen molar-refractivity contribution in [2.45, 2.75) is 194 Å². The number of ketones is 3. The van der Waals surface area contributed by atoms with Gasteiger partial charge in [-0.3, -0.25) is 24.0 Å². The Bertz CT molecular complexity index is 2010. The van der Waals surface area contributed by atoms with Crippen LogP contribution < -0.4 is 0 Å². The number of esters is 2. The van der Waals surface area contributed by atoms with Crippen LogP contribution in [0.5, 0.6) is 0 Å². The second-order valence-corrected chi connectivity index (χ2v) is 22.2. The van der Waals surface area contributed by atoms with Crippen molar-refractivity contribution >= 4 is 35.2 Å². The summed E-state index contributed by atoms with van der Waals surface area (Å²) in [4.78, 5) is 85.5. The fourth-order valence-electron chi connectivity index (χ4n) is 11.0. The first-order valence-corrected chi connectivity index (χ1v) is 26.9. The van der Waals surface area contributed by atoms with E-state index >= 15 is 0 Å². The number of fused-ring (bicyclic) bond motifs is 3. The Balaban J connectivity index is 1.69. The van der Waals surface area contributed by atoms with Gasteiger partial charge in [0.1, 0.15) is 41.7 Å². The monoisotopic (exact) mass is 1030 g/mol. The van der Waals surface area contributed by atoms with Gasteiger partial charge < -0.3 is 49.0 Å². The van der Waals surface area contributed by atoms with Gasteiger partial charge in [-0.15, -0.1) is 0 Å². The number of methoxy groups -OCH3 is 2. The molecular formula is C57H89NO15. The molecule has 4 N–H and O–H groups in total. The topological polar surface area (TPSA) is 233 Å². The van der Waals surface area contributed by atoms with Crippen molar-refractivity contribution in [1.82, 2.24) is 4.90 Å². The molecule has 2 saturated heterocycles. The molecule has 0 aromatic heterocycles. The van der Waals surface area contributed by atoms with Gasteiger partial charge in [0.2, 0.25) is 5.79 Å². The molecule has 4 rings (SSSR count). The molecule has 0 radical (unpaired) electrons. The molecule has 0 aromatic carbocycles. The maximum absolute atomic E-state index is 14.6. The molecule has 1 amide bonds. The zero-order valence-corrected chi connectivity index (χ0v) is 45.6. The molecule has 1 saturated carbocycles. The summed E-state index contributed by atoms with van der Waals surface area (Å²) in [5, 5.41) is 43.1. The Hall–Kier alpha value is -3.90. The third kappa shape index (κ3) is 16.1. The Morgan fingerprint density at radius 3 is 2.23 bits per heavy atom. The molecule has 73 heavy (non-hydrogen) atoms. The van der Waals surface area contributed by atoms with Crippen molar-refractivity contribution in [3.05, 3.63) is 47.6 Å². The number of allylic oxidation sites excluding steroid dienone is 7. The minimum Gasteiger partial charge on any atom is -0.460 e. The first-order chi connectivity index (χ1) is 34.5. The smallest absolute Gasteiger partial charge is 0.329 e. The molecule has 0 aromatic rings. The number of piperidine rings is 1. The van der Waals surface area contributed by atoms with Crippen LogP contribution in [0.25, 0.3) is 0 Å². The number of hydrogen-bond acceptors (Lipinski definition) is 15. The van der Waals surface area contributed by atoms with Gasteiger partial charge in [-0.2, -0.15) is 0 Å². The Kier molecular flexibility index (Phi) is 23.9. The van der Waals surface area contributed by atoms with Crippen LogP contribution in [0, 0.1) is 46.8 Å². The molecule has 15 unspecified atom stereocenters. The minimum atomic E-state index is -2.41. The summed E-state index contributed by atoms with van der Waals surface area (Å²) in [6, 6.07) is -1.18. The maximum atomic E-state index is 14.6. The van der Waals surface area contributed by atoms with Crippen LogP contribution in [-0.4, -0.2) is 143 Å². The van der Waals surface area contributed by atoms with Crippen LogP contribution in [0.3, 0.4) is 0 Å². The number of ether oxygens (including phenoxy) is 5. The summed E-state index contributed by atoms with van der Waals surface area (Å²) in [5.41, 5.74) is -0.0421. The first kappa shape index (κ1) is 61.6. The van der Waals surface area contributed by atoms with E-state index in [1.807, 2.05) is 58.1 Å². The van der Waals surface area contributed by atoms with Crippen molar-refractivity contribution in [1.29, 1.82) is 0 Å².